The maximum Gasteiger partial charge on any atom is 0.273 e. The summed E-state index contributed by atoms with van der Waals surface area (Å²) in [6.07, 6.45) is 1.33. The van der Waals surface area contributed by atoms with Crippen molar-refractivity contribution < 1.29 is 24.3 Å². The van der Waals surface area contributed by atoms with Crippen molar-refractivity contribution in [3.05, 3.63) is 91.5 Å². The van der Waals surface area contributed by atoms with Gasteiger partial charge < -0.3 is 19.9 Å². The Balaban J connectivity index is 1.80. The van der Waals surface area contributed by atoms with E-state index >= 15 is 0 Å². The van der Waals surface area contributed by atoms with Crippen molar-refractivity contribution >= 4 is 46.6 Å². The Kier molecular flexibility index (Phi) is 8.73. The molecular weight excluding hydrogens is 509 g/mol. The van der Waals surface area contributed by atoms with Gasteiger partial charge in [0.1, 0.15) is 24.0 Å². The molecule has 0 radical (unpaired) electrons. The Hall–Kier alpha value is -4.26. The van der Waals surface area contributed by atoms with E-state index in [1.807, 2.05) is 0 Å². The SMILES string of the molecule is CCOc1cc(/C=C(/C#N)C(=O)Nc2ccc([N+](=O)[O-])cc2O)ccc1OCc1ccc(Cl)cc1Cl. The van der Waals surface area contributed by atoms with E-state index in [4.69, 9.17) is 32.7 Å². The molecule has 0 atom stereocenters. The molecular formula is C25H19Cl2N3O6. The van der Waals surface area contributed by atoms with Gasteiger partial charge in [-0.05, 0) is 48.9 Å². The third-order valence-corrected chi connectivity index (χ3v) is 5.37. The molecule has 3 aromatic rings. The molecule has 3 aromatic carbocycles. The van der Waals surface area contributed by atoms with Gasteiger partial charge in [-0.15, -0.1) is 0 Å². The number of nitro groups is 1. The highest BCUT2D eigenvalue weighted by atomic mass is 35.5. The summed E-state index contributed by atoms with van der Waals surface area (Å²) in [5.41, 5.74) is 0.522. The average Bonchev–Trinajstić information content (AvgIpc) is 2.84. The van der Waals surface area contributed by atoms with Gasteiger partial charge in [-0.2, -0.15) is 5.26 Å². The number of non-ortho nitro benzene ring substituents is 1. The number of hydrogen-bond donors (Lipinski definition) is 2. The minimum Gasteiger partial charge on any atom is -0.506 e. The number of benzene rings is 3. The second-order valence-electron chi connectivity index (χ2n) is 7.25. The number of hydrogen-bond acceptors (Lipinski definition) is 7. The molecule has 36 heavy (non-hydrogen) atoms. The molecule has 2 N–H and O–H groups in total. The smallest absolute Gasteiger partial charge is 0.273 e. The van der Waals surface area contributed by atoms with E-state index in [2.05, 4.69) is 5.32 Å². The van der Waals surface area contributed by atoms with Crippen LogP contribution in [0.5, 0.6) is 17.2 Å². The van der Waals surface area contributed by atoms with E-state index in [0.717, 1.165) is 17.7 Å². The van der Waals surface area contributed by atoms with E-state index in [1.165, 1.54) is 12.1 Å². The number of carbonyl (C=O) groups excluding carboxylic acids is 1. The number of amides is 1. The molecule has 11 heteroatoms. The van der Waals surface area contributed by atoms with Crippen LogP contribution in [0.3, 0.4) is 0 Å². The molecule has 0 saturated carbocycles. The number of nitro benzene ring substituents is 1. The van der Waals surface area contributed by atoms with E-state index in [1.54, 1.807) is 49.4 Å². The molecule has 0 aliphatic rings. The van der Waals surface area contributed by atoms with E-state index in [0.29, 0.717) is 33.7 Å². The van der Waals surface area contributed by atoms with E-state index in [9.17, 15) is 25.3 Å². The van der Waals surface area contributed by atoms with E-state index < -0.39 is 16.6 Å². The molecule has 9 nitrogen and oxygen atoms in total. The summed E-state index contributed by atoms with van der Waals surface area (Å²) in [5.74, 6) is -0.492. The highest BCUT2D eigenvalue weighted by molar-refractivity contribution is 6.35. The molecule has 3 rings (SSSR count). The first-order valence-electron chi connectivity index (χ1n) is 10.5. The van der Waals surface area contributed by atoms with Crippen LogP contribution < -0.4 is 14.8 Å². The molecule has 0 spiro atoms. The highest BCUT2D eigenvalue weighted by Crippen LogP contribution is 2.32. The Morgan fingerprint density at radius 2 is 1.92 bits per heavy atom. The Labute approximate surface area is 216 Å². The quantitative estimate of drug-likeness (QED) is 0.112. The van der Waals surface area contributed by atoms with Crippen molar-refractivity contribution in [3.8, 4) is 23.3 Å². The zero-order valence-electron chi connectivity index (χ0n) is 18.8. The minimum atomic E-state index is -0.808. The number of carbonyl (C=O) groups is 1. The van der Waals surface area contributed by atoms with Gasteiger partial charge in [-0.3, -0.25) is 14.9 Å². The number of nitriles is 1. The number of ether oxygens (including phenoxy) is 2. The summed E-state index contributed by atoms with van der Waals surface area (Å²) < 4.78 is 11.5. The first-order chi connectivity index (χ1) is 17.2. The Morgan fingerprint density at radius 1 is 1.14 bits per heavy atom. The Morgan fingerprint density at radius 3 is 2.56 bits per heavy atom. The lowest BCUT2D eigenvalue weighted by molar-refractivity contribution is -0.384. The minimum absolute atomic E-state index is 0.0774. The van der Waals surface area contributed by atoms with Crippen LogP contribution in [-0.2, 0) is 11.4 Å². The van der Waals surface area contributed by atoms with Gasteiger partial charge in [0.2, 0.25) is 0 Å². The fourth-order valence-electron chi connectivity index (χ4n) is 3.04. The number of anilines is 1. The summed E-state index contributed by atoms with van der Waals surface area (Å²) in [5, 5.41) is 33.6. The summed E-state index contributed by atoms with van der Waals surface area (Å²) in [6.45, 7) is 2.30. The van der Waals surface area contributed by atoms with Crippen molar-refractivity contribution in [2.24, 2.45) is 0 Å². The van der Waals surface area contributed by atoms with Crippen LogP contribution in [0.4, 0.5) is 11.4 Å². The molecule has 0 unspecified atom stereocenters. The van der Waals surface area contributed by atoms with E-state index in [-0.39, 0.29) is 23.6 Å². The Bertz CT molecular complexity index is 1380. The lowest BCUT2D eigenvalue weighted by atomic mass is 10.1. The van der Waals surface area contributed by atoms with Crippen molar-refractivity contribution in [3.63, 3.8) is 0 Å². The second kappa shape index (κ2) is 11.9. The lowest BCUT2D eigenvalue weighted by Gasteiger charge is -2.13. The van der Waals surface area contributed by atoms with Gasteiger partial charge in [0.05, 0.1) is 23.3 Å². The van der Waals surface area contributed by atoms with Crippen molar-refractivity contribution in [1.82, 2.24) is 0 Å². The fraction of sp³-hybridized carbons (Fsp3) is 0.120. The van der Waals surface area contributed by atoms with Gasteiger partial charge in [-0.25, -0.2) is 0 Å². The predicted molar refractivity (Wildman–Crippen MR) is 135 cm³/mol. The van der Waals surface area contributed by atoms with Gasteiger partial charge in [-0.1, -0.05) is 35.3 Å². The van der Waals surface area contributed by atoms with Gasteiger partial charge in [0, 0.05) is 21.7 Å². The van der Waals surface area contributed by atoms with Crippen LogP contribution in [-0.4, -0.2) is 22.5 Å². The molecule has 0 aromatic heterocycles. The first kappa shape index (κ1) is 26.3. The van der Waals surface area contributed by atoms with Crippen LogP contribution in [0.1, 0.15) is 18.1 Å². The topological polar surface area (TPSA) is 135 Å². The van der Waals surface area contributed by atoms with Crippen LogP contribution in [0.2, 0.25) is 10.0 Å². The van der Waals surface area contributed by atoms with Crippen molar-refractivity contribution in [2.45, 2.75) is 13.5 Å². The number of halogens is 2. The summed E-state index contributed by atoms with van der Waals surface area (Å²) >= 11 is 12.1. The second-order valence-corrected chi connectivity index (χ2v) is 8.09. The summed E-state index contributed by atoms with van der Waals surface area (Å²) in [7, 11) is 0. The molecule has 0 bridgehead atoms. The number of rotatable bonds is 9. The number of phenolic OH excluding ortho intramolecular Hbond substituents is 1. The normalized spacial score (nSPS) is 10.9. The van der Waals surface area contributed by atoms with Gasteiger partial charge >= 0.3 is 0 Å². The van der Waals surface area contributed by atoms with Gasteiger partial charge in [0.15, 0.2) is 11.5 Å². The van der Waals surface area contributed by atoms with Crippen LogP contribution in [0, 0.1) is 21.4 Å². The maximum atomic E-state index is 12.6. The number of nitrogens with zero attached hydrogens (tertiary/aromatic N) is 2. The van der Waals surface area contributed by atoms with Gasteiger partial charge in [0.25, 0.3) is 11.6 Å². The van der Waals surface area contributed by atoms with Crippen LogP contribution >= 0.6 is 23.2 Å². The summed E-state index contributed by atoms with van der Waals surface area (Å²) in [4.78, 5) is 22.7. The largest absolute Gasteiger partial charge is 0.506 e. The molecule has 0 heterocycles. The molecule has 184 valence electrons. The highest BCUT2D eigenvalue weighted by Gasteiger charge is 2.16. The first-order valence-corrected chi connectivity index (χ1v) is 11.2. The zero-order chi connectivity index (χ0) is 26.2. The van der Waals surface area contributed by atoms with Crippen molar-refractivity contribution in [1.29, 1.82) is 5.26 Å². The molecule has 0 fully saturated rings. The number of nitrogens with one attached hydrogen (secondary N) is 1. The fourth-order valence-corrected chi connectivity index (χ4v) is 3.50. The molecule has 0 aliphatic carbocycles. The van der Waals surface area contributed by atoms with Crippen LogP contribution in [0.25, 0.3) is 6.08 Å². The average molecular weight is 528 g/mol. The third-order valence-electron chi connectivity index (χ3n) is 4.78. The van der Waals surface area contributed by atoms with Crippen LogP contribution in [0.15, 0.2) is 60.2 Å². The lowest BCUT2D eigenvalue weighted by Crippen LogP contribution is -2.13. The summed E-state index contributed by atoms with van der Waals surface area (Å²) in [6, 6.07) is 14.9. The standard InChI is InChI=1S/C25H19Cl2N3O6/c1-2-35-24-10-15(3-8-23(24)36-14-16-4-5-18(26)11-20(16)27)9-17(13-28)25(32)29-21-7-6-19(30(33)34)12-22(21)31/h3-12,31H,2,14H2,1H3,(H,29,32)/b17-9-. The molecule has 1 amide bonds. The number of aromatic hydroxyl groups is 1. The monoisotopic (exact) mass is 527 g/mol. The number of phenols is 1. The zero-order valence-corrected chi connectivity index (χ0v) is 20.3. The molecule has 0 saturated heterocycles. The molecule has 0 aliphatic heterocycles. The maximum absolute atomic E-state index is 12.6. The third kappa shape index (κ3) is 6.66. The predicted octanol–water partition coefficient (Wildman–Crippen LogP) is 6.13. The van der Waals surface area contributed by atoms with Crippen molar-refractivity contribution in [2.75, 3.05) is 11.9 Å².